The molecule has 1 aliphatic rings. The van der Waals surface area contributed by atoms with Crippen molar-refractivity contribution >= 4 is 22.5 Å². The van der Waals surface area contributed by atoms with E-state index in [9.17, 15) is 9.90 Å². The molecule has 0 spiro atoms. The van der Waals surface area contributed by atoms with Crippen LogP contribution in [-0.4, -0.2) is 27.2 Å². The zero-order valence-corrected chi connectivity index (χ0v) is 11.7. The molecule has 3 rings (SSSR count). The van der Waals surface area contributed by atoms with Gasteiger partial charge in [-0.05, 0) is 43.1 Å². The van der Waals surface area contributed by atoms with Crippen LogP contribution in [-0.2, 0) is 6.54 Å². The average molecular weight is 294 g/mol. The lowest BCUT2D eigenvalue weighted by atomic mass is 10.1. The Morgan fingerprint density at radius 1 is 1.45 bits per heavy atom. The lowest BCUT2D eigenvalue weighted by Crippen LogP contribution is -2.40. The minimum absolute atomic E-state index is 0.0237. The van der Waals surface area contributed by atoms with Crippen molar-refractivity contribution in [3.8, 4) is 5.75 Å². The van der Waals surface area contributed by atoms with Crippen molar-refractivity contribution < 1.29 is 5.11 Å². The molecule has 1 saturated heterocycles. The topological polar surface area (TPSA) is 67.1 Å². The molecule has 20 heavy (non-hydrogen) atoms. The SMILES string of the molecule is O=c1c2cccc(O)c2nc(Cl)n1CC1CCCCN1. The number of phenolic OH excluding ortho intramolecular Hbond substituents is 1. The van der Waals surface area contributed by atoms with Gasteiger partial charge in [0, 0.05) is 12.6 Å². The summed E-state index contributed by atoms with van der Waals surface area (Å²) in [7, 11) is 0. The summed E-state index contributed by atoms with van der Waals surface area (Å²) in [6, 6.07) is 5.04. The first-order valence-corrected chi connectivity index (χ1v) is 7.16. The summed E-state index contributed by atoms with van der Waals surface area (Å²) in [6.07, 6.45) is 3.36. The van der Waals surface area contributed by atoms with E-state index < -0.39 is 0 Å². The lowest BCUT2D eigenvalue weighted by Gasteiger charge is -2.24. The highest BCUT2D eigenvalue weighted by molar-refractivity contribution is 6.28. The Morgan fingerprint density at radius 2 is 2.30 bits per heavy atom. The van der Waals surface area contributed by atoms with E-state index in [0.29, 0.717) is 11.9 Å². The molecule has 5 nitrogen and oxygen atoms in total. The number of rotatable bonds is 2. The van der Waals surface area contributed by atoms with Crippen LogP contribution < -0.4 is 10.9 Å². The minimum Gasteiger partial charge on any atom is -0.506 e. The van der Waals surface area contributed by atoms with Gasteiger partial charge in [0.25, 0.3) is 5.56 Å². The molecule has 2 N–H and O–H groups in total. The van der Waals surface area contributed by atoms with Crippen LogP contribution in [0.4, 0.5) is 0 Å². The molecule has 106 valence electrons. The number of aromatic hydroxyl groups is 1. The van der Waals surface area contributed by atoms with Crippen LogP contribution >= 0.6 is 11.6 Å². The number of hydrogen-bond acceptors (Lipinski definition) is 4. The van der Waals surface area contributed by atoms with Gasteiger partial charge in [-0.1, -0.05) is 12.5 Å². The molecular formula is C14H16ClN3O2. The van der Waals surface area contributed by atoms with Gasteiger partial charge in [-0.3, -0.25) is 9.36 Å². The van der Waals surface area contributed by atoms with Crippen LogP contribution in [0.5, 0.6) is 5.75 Å². The van der Waals surface area contributed by atoms with E-state index in [2.05, 4.69) is 10.3 Å². The Hall–Kier alpha value is -1.59. The van der Waals surface area contributed by atoms with E-state index >= 15 is 0 Å². The number of fused-ring (bicyclic) bond motifs is 1. The number of aromatic nitrogens is 2. The summed E-state index contributed by atoms with van der Waals surface area (Å²) in [5.41, 5.74) is 0.0543. The van der Waals surface area contributed by atoms with Gasteiger partial charge in [0.2, 0.25) is 5.28 Å². The first-order valence-electron chi connectivity index (χ1n) is 6.78. The van der Waals surface area contributed by atoms with Gasteiger partial charge in [0.15, 0.2) is 0 Å². The second-order valence-electron chi connectivity index (χ2n) is 5.12. The van der Waals surface area contributed by atoms with Gasteiger partial charge in [0.05, 0.1) is 5.39 Å². The monoisotopic (exact) mass is 293 g/mol. The smallest absolute Gasteiger partial charge is 0.262 e. The van der Waals surface area contributed by atoms with Gasteiger partial charge in [-0.15, -0.1) is 0 Å². The maximum atomic E-state index is 12.5. The van der Waals surface area contributed by atoms with E-state index in [1.165, 1.54) is 17.1 Å². The predicted octanol–water partition coefficient (Wildman–Crippen LogP) is 1.90. The Kier molecular flexibility index (Phi) is 3.63. The van der Waals surface area contributed by atoms with Crippen molar-refractivity contribution in [3.05, 3.63) is 33.8 Å². The second kappa shape index (κ2) is 5.42. The molecular weight excluding hydrogens is 278 g/mol. The quantitative estimate of drug-likeness (QED) is 0.830. The Labute approximate surface area is 121 Å². The van der Waals surface area contributed by atoms with Crippen molar-refractivity contribution in [1.82, 2.24) is 14.9 Å². The molecule has 0 bridgehead atoms. The summed E-state index contributed by atoms with van der Waals surface area (Å²) in [6.45, 7) is 1.48. The van der Waals surface area contributed by atoms with Gasteiger partial charge in [0.1, 0.15) is 11.3 Å². The first-order chi connectivity index (χ1) is 9.66. The lowest BCUT2D eigenvalue weighted by molar-refractivity contribution is 0.359. The van der Waals surface area contributed by atoms with Crippen LogP contribution in [0, 0.1) is 0 Å². The van der Waals surface area contributed by atoms with Gasteiger partial charge < -0.3 is 10.4 Å². The number of nitrogens with zero attached hydrogens (tertiary/aromatic N) is 2. The third-order valence-corrected chi connectivity index (χ3v) is 4.02. The van der Waals surface area contributed by atoms with E-state index in [1.54, 1.807) is 12.1 Å². The third kappa shape index (κ3) is 2.39. The highest BCUT2D eigenvalue weighted by Gasteiger charge is 2.17. The first kappa shape index (κ1) is 13.4. The average Bonchev–Trinajstić information content (AvgIpc) is 2.46. The van der Waals surface area contributed by atoms with Crippen LogP contribution in [0.2, 0.25) is 5.28 Å². The van der Waals surface area contributed by atoms with Crippen molar-refractivity contribution in [3.63, 3.8) is 0 Å². The minimum atomic E-state index is -0.205. The van der Waals surface area contributed by atoms with Gasteiger partial charge >= 0.3 is 0 Å². The zero-order valence-electron chi connectivity index (χ0n) is 11.0. The molecule has 1 atom stereocenters. The predicted molar refractivity (Wildman–Crippen MR) is 78.3 cm³/mol. The van der Waals surface area contributed by atoms with Crippen LogP contribution in [0.3, 0.4) is 0 Å². The molecule has 1 fully saturated rings. The maximum Gasteiger partial charge on any atom is 0.262 e. The molecule has 0 saturated carbocycles. The van der Waals surface area contributed by atoms with Crippen molar-refractivity contribution in [1.29, 1.82) is 0 Å². The summed E-state index contributed by atoms with van der Waals surface area (Å²) in [5.74, 6) is -0.0237. The normalized spacial score (nSPS) is 19.4. The van der Waals surface area contributed by atoms with Gasteiger partial charge in [-0.2, -0.15) is 0 Å². The Bertz CT molecular complexity index is 693. The largest absolute Gasteiger partial charge is 0.506 e. The number of hydrogen-bond donors (Lipinski definition) is 2. The van der Waals surface area contributed by atoms with Crippen LogP contribution in [0.1, 0.15) is 19.3 Å². The number of piperidine rings is 1. The highest BCUT2D eigenvalue weighted by Crippen LogP contribution is 2.21. The Morgan fingerprint density at radius 3 is 3.05 bits per heavy atom. The third-order valence-electron chi connectivity index (χ3n) is 3.73. The van der Waals surface area contributed by atoms with Crippen molar-refractivity contribution in [2.45, 2.75) is 31.8 Å². The molecule has 1 aliphatic heterocycles. The molecule has 0 radical (unpaired) electrons. The molecule has 1 aromatic heterocycles. The highest BCUT2D eigenvalue weighted by atomic mass is 35.5. The molecule has 2 heterocycles. The molecule has 0 aliphatic carbocycles. The standard InChI is InChI=1S/C14H16ClN3O2/c15-14-17-12-10(5-3-6-11(12)19)13(20)18(14)8-9-4-1-2-7-16-9/h3,5-6,9,16,19H,1-2,4,7-8H2. The van der Waals surface area contributed by atoms with Crippen LogP contribution in [0.15, 0.2) is 23.0 Å². The maximum absolute atomic E-state index is 12.5. The fourth-order valence-corrected chi connectivity index (χ4v) is 2.89. The van der Waals surface area contributed by atoms with E-state index in [-0.39, 0.29) is 28.2 Å². The zero-order chi connectivity index (χ0) is 14.1. The van der Waals surface area contributed by atoms with Crippen LogP contribution in [0.25, 0.3) is 10.9 Å². The number of phenols is 1. The van der Waals surface area contributed by atoms with Crippen molar-refractivity contribution in [2.24, 2.45) is 0 Å². The molecule has 6 heteroatoms. The summed E-state index contributed by atoms with van der Waals surface area (Å²) in [5, 5.41) is 13.7. The van der Waals surface area contributed by atoms with Crippen molar-refractivity contribution in [2.75, 3.05) is 6.54 Å². The molecule has 1 aromatic carbocycles. The summed E-state index contributed by atoms with van der Waals surface area (Å²) in [4.78, 5) is 16.6. The number of benzene rings is 1. The summed E-state index contributed by atoms with van der Waals surface area (Å²) < 4.78 is 1.48. The van der Waals surface area contributed by atoms with E-state index in [0.717, 1.165) is 19.4 Å². The molecule has 2 aromatic rings. The summed E-state index contributed by atoms with van der Waals surface area (Å²) >= 11 is 6.11. The number of halogens is 1. The molecule has 0 amide bonds. The van der Waals surface area contributed by atoms with Gasteiger partial charge in [-0.25, -0.2) is 4.98 Å². The van der Waals surface area contributed by atoms with E-state index in [1.807, 2.05) is 0 Å². The van der Waals surface area contributed by atoms with E-state index in [4.69, 9.17) is 11.6 Å². The fourth-order valence-electron chi connectivity index (χ4n) is 2.66. The number of para-hydroxylation sites is 1. The fraction of sp³-hybridized carbons (Fsp3) is 0.429. The molecule has 1 unspecified atom stereocenters. The second-order valence-corrected chi connectivity index (χ2v) is 5.45. The Balaban J connectivity index is 2.04. The number of nitrogens with one attached hydrogen (secondary N) is 1.